The molecule has 0 amide bonds. The summed E-state index contributed by atoms with van der Waals surface area (Å²) in [6, 6.07) is 4.34. The molecule has 90 valence electrons. The largest absolute Gasteiger partial charge is 0.382 e. The first-order chi connectivity index (χ1) is 8.04. The molecule has 0 fully saturated rings. The van der Waals surface area contributed by atoms with Gasteiger partial charge in [0.15, 0.2) is 5.82 Å². The molecule has 1 heterocycles. The van der Waals surface area contributed by atoms with Gasteiger partial charge >= 0.3 is 0 Å². The summed E-state index contributed by atoms with van der Waals surface area (Å²) in [5.74, 6) is 6.09. The highest BCUT2D eigenvalue weighted by atomic mass is 35.5. The number of nitrogens with zero attached hydrogens (tertiary/aromatic N) is 2. The van der Waals surface area contributed by atoms with Crippen molar-refractivity contribution in [3.05, 3.63) is 34.9 Å². The van der Waals surface area contributed by atoms with E-state index in [2.05, 4.69) is 4.98 Å². The van der Waals surface area contributed by atoms with E-state index in [-0.39, 0.29) is 5.82 Å². The van der Waals surface area contributed by atoms with Crippen LogP contribution in [-0.4, -0.2) is 9.66 Å². The van der Waals surface area contributed by atoms with Gasteiger partial charge in [0.25, 0.3) is 0 Å². The van der Waals surface area contributed by atoms with Crippen molar-refractivity contribution in [2.24, 2.45) is 0 Å². The highest BCUT2D eigenvalue weighted by molar-refractivity contribution is 6.30. The van der Waals surface area contributed by atoms with E-state index in [1.54, 1.807) is 6.07 Å². The maximum atomic E-state index is 13.7. The van der Waals surface area contributed by atoms with E-state index in [0.29, 0.717) is 28.5 Å². The Morgan fingerprint density at radius 1 is 1.47 bits per heavy atom. The van der Waals surface area contributed by atoms with Crippen LogP contribution in [0.5, 0.6) is 0 Å². The van der Waals surface area contributed by atoms with Crippen molar-refractivity contribution in [3.63, 3.8) is 0 Å². The number of hydrogen-bond acceptors (Lipinski definition) is 3. The molecule has 1 aromatic heterocycles. The van der Waals surface area contributed by atoms with Gasteiger partial charge in [0.2, 0.25) is 0 Å². The van der Waals surface area contributed by atoms with Crippen molar-refractivity contribution in [2.45, 2.75) is 13.3 Å². The van der Waals surface area contributed by atoms with Crippen LogP contribution < -0.4 is 11.6 Å². The maximum Gasteiger partial charge on any atom is 0.150 e. The number of nitrogen functional groups attached to an aromatic ring is 2. The van der Waals surface area contributed by atoms with E-state index < -0.39 is 5.82 Å². The summed E-state index contributed by atoms with van der Waals surface area (Å²) in [6.45, 7) is 1.90. The van der Waals surface area contributed by atoms with Crippen LogP contribution in [0.15, 0.2) is 18.2 Å². The number of nitrogens with two attached hydrogens (primary N) is 2. The second kappa shape index (κ2) is 4.25. The zero-order valence-corrected chi connectivity index (χ0v) is 10.0. The second-order valence-corrected chi connectivity index (χ2v) is 4.05. The lowest BCUT2D eigenvalue weighted by Gasteiger charge is -2.02. The first kappa shape index (κ1) is 11.7. The molecular weight excluding hydrogens is 243 g/mol. The van der Waals surface area contributed by atoms with Crippen LogP contribution in [0.4, 0.5) is 10.2 Å². The molecule has 0 aliphatic rings. The monoisotopic (exact) mass is 254 g/mol. The lowest BCUT2D eigenvalue weighted by molar-refractivity contribution is 0.631. The highest BCUT2D eigenvalue weighted by Crippen LogP contribution is 2.29. The number of aromatic nitrogens is 2. The molecule has 0 spiro atoms. The fourth-order valence-electron chi connectivity index (χ4n) is 1.62. The maximum absolute atomic E-state index is 13.7. The predicted molar refractivity (Wildman–Crippen MR) is 66.6 cm³/mol. The average Bonchev–Trinajstić information content (AvgIpc) is 2.57. The van der Waals surface area contributed by atoms with Crippen LogP contribution in [0.25, 0.3) is 11.3 Å². The van der Waals surface area contributed by atoms with Crippen molar-refractivity contribution >= 4 is 17.4 Å². The van der Waals surface area contributed by atoms with Crippen LogP contribution in [0.2, 0.25) is 5.02 Å². The molecule has 4 N–H and O–H groups in total. The fraction of sp³-hybridized carbons (Fsp3) is 0.182. The van der Waals surface area contributed by atoms with Crippen LogP contribution >= 0.6 is 11.6 Å². The smallest absolute Gasteiger partial charge is 0.150 e. The first-order valence-corrected chi connectivity index (χ1v) is 5.50. The quantitative estimate of drug-likeness (QED) is 0.807. The van der Waals surface area contributed by atoms with Crippen LogP contribution in [0.3, 0.4) is 0 Å². The van der Waals surface area contributed by atoms with Gasteiger partial charge in [-0.3, -0.25) is 0 Å². The Morgan fingerprint density at radius 2 is 2.18 bits per heavy atom. The number of imidazole rings is 1. The minimum absolute atomic E-state index is 0.239. The van der Waals surface area contributed by atoms with Gasteiger partial charge < -0.3 is 11.6 Å². The molecule has 0 saturated carbocycles. The summed E-state index contributed by atoms with van der Waals surface area (Å²) < 4.78 is 15.0. The van der Waals surface area contributed by atoms with Gasteiger partial charge in [-0.2, -0.15) is 0 Å². The minimum atomic E-state index is -0.468. The summed E-state index contributed by atoms with van der Waals surface area (Å²) in [6.07, 6.45) is 0.621. The van der Waals surface area contributed by atoms with Gasteiger partial charge in [0.1, 0.15) is 17.3 Å². The SMILES string of the molecule is CCc1nc(-c2ccc(Cl)cc2F)c(N)n1N. The molecule has 1 aromatic carbocycles. The molecule has 0 saturated heterocycles. The summed E-state index contributed by atoms with van der Waals surface area (Å²) in [5.41, 5.74) is 6.44. The minimum Gasteiger partial charge on any atom is -0.382 e. The zero-order chi connectivity index (χ0) is 12.6. The summed E-state index contributed by atoms with van der Waals surface area (Å²) in [4.78, 5) is 4.22. The standard InChI is InChI=1S/C11H12ClFN4/c1-2-9-16-10(11(14)17(9)15)7-4-3-6(12)5-8(7)13/h3-5H,2,14-15H2,1H3. The van der Waals surface area contributed by atoms with E-state index in [1.807, 2.05) is 6.92 Å². The number of rotatable bonds is 2. The van der Waals surface area contributed by atoms with E-state index >= 15 is 0 Å². The molecule has 0 aliphatic carbocycles. The van der Waals surface area contributed by atoms with E-state index in [0.717, 1.165) is 0 Å². The number of hydrogen-bond donors (Lipinski definition) is 2. The Morgan fingerprint density at radius 3 is 2.71 bits per heavy atom. The number of benzene rings is 1. The lowest BCUT2D eigenvalue weighted by atomic mass is 10.1. The molecule has 0 aliphatic heterocycles. The predicted octanol–water partition coefficient (Wildman–Crippen LogP) is 2.20. The molecule has 4 nitrogen and oxygen atoms in total. The number of halogens is 2. The number of anilines is 1. The van der Waals surface area contributed by atoms with Crippen molar-refractivity contribution in [1.82, 2.24) is 9.66 Å². The van der Waals surface area contributed by atoms with Crippen molar-refractivity contribution < 1.29 is 4.39 Å². The Kier molecular flexibility index (Phi) is 2.93. The van der Waals surface area contributed by atoms with Gasteiger partial charge in [-0.05, 0) is 18.2 Å². The normalized spacial score (nSPS) is 10.8. The zero-order valence-electron chi connectivity index (χ0n) is 9.24. The molecule has 2 rings (SSSR count). The Bertz CT molecular complexity index is 565. The molecule has 2 aromatic rings. The van der Waals surface area contributed by atoms with Crippen molar-refractivity contribution in [2.75, 3.05) is 11.6 Å². The third kappa shape index (κ3) is 1.93. The van der Waals surface area contributed by atoms with Crippen LogP contribution in [0, 0.1) is 5.82 Å². The molecular formula is C11H12ClFN4. The van der Waals surface area contributed by atoms with Crippen LogP contribution in [0.1, 0.15) is 12.7 Å². The molecule has 17 heavy (non-hydrogen) atoms. The molecule has 0 atom stereocenters. The van der Waals surface area contributed by atoms with Crippen LogP contribution in [-0.2, 0) is 6.42 Å². The third-order valence-corrected chi connectivity index (χ3v) is 2.76. The fourth-order valence-corrected chi connectivity index (χ4v) is 1.78. The van der Waals surface area contributed by atoms with Gasteiger partial charge in [-0.15, -0.1) is 0 Å². The summed E-state index contributed by atoms with van der Waals surface area (Å²) in [7, 11) is 0. The van der Waals surface area contributed by atoms with Gasteiger partial charge in [-0.25, -0.2) is 14.1 Å². The highest BCUT2D eigenvalue weighted by Gasteiger charge is 2.16. The van der Waals surface area contributed by atoms with Gasteiger partial charge in [-0.1, -0.05) is 18.5 Å². The summed E-state index contributed by atoms with van der Waals surface area (Å²) in [5, 5.41) is 0.327. The second-order valence-electron chi connectivity index (χ2n) is 3.61. The van der Waals surface area contributed by atoms with E-state index in [4.69, 9.17) is 23.2 Å². The molecule has 6 heteroatoms. The average molecular weight is 255 g/mol. The topological polar surface area (TPSA) is 69.9 Å². The third-order valence-electron chi connectivity index (χ3n) is 2.52. The van der Waals surface area contributed by atoms with E-state index in [9.17, 15) is 4.39 Å². The summed E-state index contributed by atoms with van der Waals surface area (Å²) >= 11 is 5.69. The van der Waals surface area contributed by atoms with Crippen molar-refractivity contribution in [3.8, 4) is 11.3 Å². The Labute approximate surface area is 103 Å². The molecule has 0 radical (unpaired) electrons. The lowest BCUT2D eigenvalue weighted by Crippen LogP contribution is -2.14. The van der Waals surface area contributed by atoms with Crippen molar-refractivity contribution in [1.29, 1.82) is 0 Å². The Balaban J connectivity index is 2.60. The van der Waals surface area contributed by atoms with E-state index in [1.165, 1.54) is 16.8 Å². The van der Waals surface area contributed by atoms with Gasteiger partial charge in [0.05, 0.1) is 0 Å². The number of aryl methyl sites for hydroxylation is 1. The molecule has 0 bridgehead atoms. The van der Waals surface area contributed by atoms with Gasteiger partial charge in [0, 0.05) is 17.0 Å². The molecule has 0 unspecified atom stereocenters. The first-order valence-electron chi connectivity index (χ1n) is 5.12. The Hall–Kier alpha value is -1.75.